The topological polar surface area (TPSA) is 20.2 Å². The largest absolute Gasteiger partial charge is 0.389 e. The van der Waals surface area contributed by atoms with Gasteiger partial charge in [-0.2, -0.15) is 0 Å². The first kappa shape index (κ1) is 10.8. The molecule has 13 heavy (non-hydrogen) atoms. The van der Waals surface area contributed by atoms with Crippen LogP contribution in [0.4, 0.5) is 0 Å². The van der Waals surface area contributed by atoms with Crippen LogP contribution in [0.3, 0.4) is 0 Å². The smallest absolute Gasteiger partial charge is 0.0726 e. The summed E-state index contributed by atoms with van der Waals surface area (Å²) in [4.78, 5) is 0. The van der Waals surface area contributed by atoms with Gasteiger partial charge >= 0.3 is 0 Å². The van der Waals surface area contributed by atoms with Gasteiger partial charge < -0.3 is 5.11 Å². The Labute approximate surface area is 81.9 Å². The Morgan fingerprint density at radius 1 is 1.62 bits per heavy atom. The molecule has 0 amide bonds. The Morgan fingerprint density at radius 3 is 2.85 bits per heavy atom. The molecule has 3 unspecified atom stereocenters. The molecule has 3 atom stereocenters. The molecule has 0 aromatic rings. The van der Waals surface area contributed by atoms with E-state index in [0.717, 1.165) is 12.3 Å². The average Bonchev–Trinajstić information content (AvgIpc) is 2.02. The van der Waals surface area contributed by atoms with Gasteiger partial charge in [-0.15, -0.1) is 0 Å². The Balaban J connectivity index is 2.48. The van der Waals surface area contributed by atoms with Crippen LogP contribution in [0.15, 0.2) is 11.6 Å². The monoisotopic (exact) mass is 182 g/mol. The molecular formula is C12H22O. The molecule has 0 aromatic heterocycles. The molecule has 0 bridgehead atoms. The van der Waals surface area contributed by atoms with Crippen LogP contribution in [-0.4, -0.2) is 11.2 Å². The van der Waals surface area contributed by atoms with E-state index in [9.17, 15) is 5.11 Å². The van der Waals surface area contributed by atoms with Crippen molar-refractivity contribution >= 4 is 0 Å². The second kappa shape index (κ2) is 4.80. The van der Waals surface area contributed by atoms with Gasteiger partial charge in [-0.3, -0.25) is 0 Å². The predicted octanol–water partition coefficient (Wildman–Crippen LogP) is 3.14. The maximum Gasteiger partial charge on any atom is 0.0726 e. The van der Waals surface area contributed by atoms with Gasteiger partial charge in [0.1, 0.15) is 0 Å². The Hall–Kier alpha value is -0.300. The van der Waals surface area contributed by atoms with Crippen LogP contribution in [-0.2, 0) is 0 Å². The highest BCUT2D eigenvalue weighted by Crippen LogP contribution is 2.28. The standard InChI is InChI=1S/C12H22O/c1-4-9(2)5-11-6-10(3)7-12(13)8-11/h8-10,12-13H,4-7H2,1-3H3. The van der Waals surface area contributed by atoms with Crippen LogP contribution in [0.1, 0.15) is 46.5 Å². The second-order valence-corrected chi connectivity index (χ2v) is 4.65. The van der Waals surface area contributed by atoms with E-state index in [1.807, 2.05) is 0 Å². The van der Waals surface area contributed by atoms with Crippen molar-refractivity contribution in [3.63, 3.8) is 0 Å². The zero-order valence-electron chi connectivity index (χ0n) is 9.09. The lowest BCUT2D eigenvalue weighted by Crippen LogP contribution is -2.16. The second-order valence-electron chi connectivity index (χ2n) is 4.65. The molecule has 0 spiro atoms. The fourth-order valence-corrected chi connectivity index (χ4v) is 2.09. The molecule has 76 valence electrons. The van der Waals surface area contributed by atoms with Crippen LogP contribution in [0.25, 0.3) is 0 Å². The zero-order chi connectivity index (χ0) is 9.84. The lowest BCUT2D eigenvalue weighted by molar-refractivity contribution is 0.179. The lowest BCUT2D eigenvalue weighted by atomic mass is 9.84. The number of aliphatic hydroxyl groups excluding tert-OH is 1. The van der Waals surface area contributed by atoms with E-state index in [0.29, 0.717) is 5.92 Å². The van der Waals surface area contributed by atoms with Crippen molar-refractivity contribution in [2.45, 2.75) is 52.6 Å². The van der Waals surface area contributed by atoms with Gasteiger partial charge in [0.2, 0.25) is 0 Å². The van der Waals surface area contributed by atoms with E-state index in [-0.39, 0.29) is 6.10 Å². The summed E-state index contributed by atoms with van der Waals surface area (Å²) in [6, 6.07) is 0. The fraction of sp³-hybridized carbons (Fsp3) is 0.833. The highest BCUT2D eigenvalue weighted by atomic mass is 16.3. The van der Waals surface area contributed by atoms with Crippen LogP contribution in [0.5, 0.6) is 0 Å². The normalized spacial score (nSPS) is 31.2. The molecule has 0 saturated heterocycles. The van der Waals surface area contributed by atoms with Crippen molar-refractivity contribution in [3.8, 4) is 0 Å². The number of hydrogen-bond donors (Lipinski definition) is 1. The van der Waals surface area contributed by atoms with E-state index in [4.69, 9.17) is 0 Å². The minimum atomic E-state index is -0.178. The highest BCUT2D eigenvalue weighted by molar-refractivity contribution is 5.10. The number of rotatable bonds is 3. The minimum absolute atomic E-state index is 0.178. The van der Waals surface area contributed by atoms with E-state index >= 15 is 0 Å². The molecule has 1 aliphatic carbocycles. The van der Waals surface area contributed by atoms with Gasteiger partial charge in [0.05, 0.1) is 6.10 Å². The average molecular weight is 182 g/mol. The van der Waals surface area contributed by atoms with Crippen LogP contribution < -0.4 is 0 Å². The highest BCUT2D eigenvalue weighted by Gasteiger charge is 2.18. The van der Waals surface area contributed by atoms with E-state index in [2.05, 4.69) is 26.8 Å². The third-order valence-electron chi connectivity index (χ3n) is 2.99. The van der Waals surface area contributed by atoms with Gasteiger partial charge in [-0.1, -0.05) is 38.8 Å². The van der Waals surface area contributed by atoms with Gasteiger partial charge in [-0.05, 0) is 31.1 Å². The molecule has 0 saturated carbocycles. The lowest BCUT2D eigenvalue weighted by Gasteiger charge is -2.24. The Bertz CT molecular complexity index is 184. The molecule has 1 heteroatoms. The molecule has 0 aromatic carbocycles. The summed E-state index contributed by atoms with van der Waals surface area (Å²) in [5.41, 5.74) is 1.47. The summed E-state index contributed by atoms with van der Waals surface area (Å²) in [5.74, 6) is 1.43. The number of allylic oxidation sites excluding steroid dienone is 1. The minimum Gasteiger partial charge on any atom is -0.389 e. The van der Waals surface area contributed by atoms with Crippen molar-refractivity contribution in [3.05, 3.63) is 11.6 Å². The van der Waals surface area contributed by atoms with Crippen molar-refractivity contribution in [2.75, 3.05) is 0 Å². The predicted molar refractivity (Wildman–Crippen MR) is 56.6 cm³/mol. The molecule has 0 fully saturated rings. The molecule has 0 radical (unpaired) electrons. The van der Waals surface area contributed by atoms with Crippen molar-refractivity contribution < 1.29 is 5.11 Å². The van der Waals surface area contributed by atoms with Gasteiger partial charge in [-0.25, -0.2) is 0 Å². The first-order valence-corrected chi connectivity index (χ1v) is 5.49. The quantitative estimate of drug-likeness (QED) is 0.665. The van der Waals surface area contributed by atoms with Gasteiger partial charge in [0.15, 0.2) is 0 Å². The van der Waals surface area contributed by atoms with E-state index in [1.54, 1.807) is 0 Å². The number of hydrogen-bond acceptors (Lipinski definition) is 1. The molecule has 1 nitrogen and oxygen atoms in total. The first-order valence-electron chi connectivity index (χ1n) is 5.49. The summed E-state index contributed by atoms with van der Waals surface area (Å²) in [7, 11) is 0. The molecule has 1 aliphatic rings. The molecule has 0 heterocycles. The molecule has 1 rings (SSSR count). The molecular weight excluding hydrogens is 160 g/mol. The van der Waals surface area contributed by atoms with E-state index in [1.165, 1.54) is 24.8 Å². The summed E-state index contributed by atoms with van der Waals surface area (Å²) in [6.45, 7) is 6.74. The maximum atomic E-state index is 9.56. The number of aliphatic hydroxyl groups is 1. The third kappa shape index (κ3) is 3.51. The summed E-state index contributed by atoms with van der Waals surface area (Å²) < 4.78 is 0. The summed E-state index contributed by atoms with van der Waals surface area (Å²) >= 11 is 0. The molecule has 0 aliphatic heterocycles. The van der Waals surface area contributed by atoms with Crippen molar-refractivity contribution in [2.24, 2.45) is 11.8 Å². The van der Waals surface area contributed by atoms with Crippen LogP contribution in [0.2, 0.25) is 0 Å². The summed E-state index contributed by atoms with van der Waals surface area (Å²) in [6.07, 6.45) is 6.46. The van der Waals surface area contributed by atoms with Crippen LogP contribution >= 0.6 is 0 Å². The summed E-state index contributed by atoms with van der Waals surface area (Å²) in [5, 5.41) is 9.56. The SMILES string of the molecule is CCC(C)CC1=CC(O)CC(C)C1. The van der Waals surface area contributed by atoms with Gasteiger partial charge in [0, 0.05) is 0 Å². The third-order valence-corrected chi connectivity index (χ3v) is 2.99. The van der Waals surface area contributed by atoms with E-state index < -0.39 is 0 Å². The molecule has 1 N–H and O–H groups in total. The zero-order valence-corrected chi connectivity index (χ0v) is 9.09. The van der Waals surface area contributed by atoms with Gasteiger partial charge in [0.25, 0.3) is 0 Å². The van der Waals surface area contributed by atoms with Crippen LogP contribution in [0, 0.1) is 11.8 Å². The van der Waals surface area contributed by atoms with Crippen molar-refractivity contribution in [1.29, 1.82) is 0 Å². The first-order chi connectivity index (χ1) is 6.11. The van der Waals surface area contributed by atoms with Crippen molar-refractivity contribution in [1.82, 2.24) is 0 Å². The Morgan fingerprint density at radius 2 is 2.31 bits per heavy atom. The Kier molecular flexibility index (Phi) is 3.98. The maximum absolute atomic E-state index is 9.56. The fourth-order valence-electron chi connectivity index (χ4n) is 2.09.